The molecule has 1 atom stereocenters. The van der Waals surface area contributed by atoms with Gasteiger partial charge >= 0.3 is 5.97 Å². The lowest BCUT2D eigenvalue weighted by Crippen LogP contribution is -2.40. The summed E-state index contributed by atoms with van der Waals surface area (Å²) in [6.45, 7) is 5.39. The van der Waals surface area contributed by atoms with Crippen molar-refractivity contribution in [2.45, 2.75) is 37.8 Å². The number of thiazole rings is 1. The van der Waals surface area contributed by atoms with Crippen LogP contribution in [0.15, 0.2) is 71.3 Å². The minimum Gasteiger partial charge on any atom is -0.494 e. The van der Waals surface area contributed by atoms with Gasteiger partial charge in [0.25, 0.3) is 5.56 Å². The molecule has 0 N–H and O–H groups in total. The Morgan fingerprint density at radius 2 is 1.83 bits per heavy atom. The summed E-state index contributed by atoms with van der Waals surface area (Å²) in [5.74, 6) is 0.203. The summed E-state index contributed by atoms with van der Waals surface area (Å²) in [5.41, 5.74) is 2.33. The van der Waals surface area contributed by atoms with Crippen LogP contribution >= 0.6 is 55.0 Å². The highest BCUT2D eigenvalue weighted by Gasteiger charge is 2.33. The number of carbonyl (C=O) groups excluding carboxylic acids is 1. The Labute approximate surface area is 234 Å². The van der Waals surface area contributed by atoms with Crippen LogP contribution in [0.1, 0.15) is 37.9 Å². The molecule has 1 aliphatic rings. The molecule has 1 aromatic heterocycles. The van der Waals surface area contributed by atoms with E-state index in [1.807, 2.05) is 48.7 Å². The molecule has 4 rings (SSSR count). The van der Waals surface area contributed by atoms with Crippen LogP contribution in [0.25, 0.3) is 6.08 Å². The number of esters is 1. The molecule has 10 heteroatoms. The second-order valence-electron chi connectivity index (χ2n) is 8.33. The Morgan fingerprint density at radius 1 is 1.19 bits per heavy atom. The molecule has 0 bridgehead atoms. The summed E-state index contributed by atoms with van der Waals surface area (Å²) >= 11 is 9.95. The van der Waals surface area contributed by atoms with Crippen molar-refractivity contribution >= 4 is 67.0 Å². The first-order valence-electron chi connectivity index (χ1n) is 11.0. The number of hydrogen-bond acceptors (Lipinski definition) is 7. The third-order valence-electron chi connectivity index (χ3n) is 5.54. The van der Waals surface area contributed by atoms with Gasteiger partial charge in [-0.2, -0.15) is 0 Å². The summed E-state index contributed by atoms with van der Waals surface area (Å²) in [6, 6.07) is 11.0. The zero-order chi connectivity index (χ0) is 26.1. The predicted octanol–water partition coefficient (Wildman–Crippen LogP) is 5.44. The van der Waals surface area contributed by atoms with E-state index in [2.05, 4.69) is 36.9 Å². The molecule has 0 saturated carbocycles. The number of methoxy groups -OCH3 is 1. The maximum Gasteiger partial charge on any atom is 0.338 e. The molecule has 0 radical (unpaired) electrons. The predicted molar refractivity (Wildman–Crippen MR) is 152 cm³/mol. The molecular formula is C26H24Br2N2O4S2. The van der Waals surface area contributed by atoms with Crippen molar-refractivity contribution < 1.29 is 14.3 Å². The van der Waals surface area contributed by atoms with E-state index in [0.717, 1.165) is 25.0 Å². The highest BCUT2D eigenvalue weighted by Crippen LogP contribution is 2.35. The second kappa shape index (κ2) is 11.1. The topological polar surface area (TPSA) is 69.9 Å². The summed E-state index contributed by atoms with van der Waals surface area (Å²) in [6.07, 6.45) is 3.52. The number of benzene rings is 2. The molecule has 1 aliphatic heterocycles. The Hall–Kier alpha value is -2.14. The van der Waals surface area contributed by atoms with Crippen molar-refractivity contribution in [1.29, 1.82) is 0 Å². The van der Waals surface area contributed by atoms with Crippen LogP contribution in [0.2, 0.25) is 0 Å². The molecule has 0 amide bonds. The number of rotatable bonds is 6. The van der Waals surface area contributed by atoms with Crippen LogP contribution in [0.5, 0.6) is 5.75 Å². The molecule has 2 heterocycles. The van der Waals surface area contributed by atoms with Crippen LogP contribution in [-0.4, -0.2) is 30.0 Å². The van der Waals surface area contributed by atoms with E-state index >= 15 is 0 Å². The largest absolute Gasteiger partial charge is 0.494 e. The molecular weight excluding hydrogens is 628 g/mol. The average molecular weight is 652 g/mol. The molecule has 0 spiro atoms. The SMILES string of the molecule is COc1c(Br)cc(/C=c2\sc3n(c2=O)[C@@H](c2ccc(SC)cc2)C(C(=O)OC(C)C)=C(C)N=3)cc1Br. The fourth-order valence-corrected chi connectivity index (χ4v) is 6.97. The highest BCUT2D eigenvalue weighted by molar-refractivity contribution is 9.11. The van der Waals surface area contributed by atoms with Gasteiger partial charge in [-0.3, -0.25) is 9.36 Å². The second-order valence-corrected chi connectivity index (χ2v) is 11.9. The van der Waals surface area contributed by atoms with Gasteiger partial charge in [-0.25, -0.2) is 9.79 Å². The normalized spacial score (nSPS) is 15.7. The van der Waals surface area contributed by atoms with Crippen molar-refractivity contribution in [2.75, 3.05) is 13.4 Å². The third kappa shape index (κ3) is 5.27. The first-order valence-corrected chi connectivity index (χ1v) is 14.7. The number of nitrogens with zero attached hydrogens (tertiary/aromatic N) is 2. The van der Waals surface area contributed by atoms with Crippen LogP contribution < -0.4 is 19.6 Å². The molecule has 0 saturated heterocycles. The number of thioether (sulfide) groups is 1. The van der Waals surface area contributed by atoms with Gasteiger partial charge in [0.1, 0.15) is 5.75 Å². The van der Waals surface area contributed by atoms with Gasteiger partial charge in [-0.05, 0) is 100 Å². The number of carbonyl (C=O) groups is 1. The number of hydrogen-bond donors (Lipinski definition) is 0. The van der Waals surface area contributed by atoms with E-state index < -0.39 is 12.0 Å². The standard InChI is InChI=1S/C26H24Br2N2O4S2/c1-13(2)34-25(32)21-14(3)29-26-30(22(21)16-6-8-17(35-5)9-7-16)24(31)20(36-26)12-15-10-18(27)23(33-4)19(28)11-15/h6-13,22H,1-5H3/b20-12-/t22-/m0/s1. The minimum absolute atomic E-state index is 0.219. The molecule has 0 fully saturated rings. The number of aromatic nitrogens is 1. The first-order chi connectivity index (χ1) is 17.1. The van der Waals surface area contributed by atoms with Crippen molar-refractivity contribution in [2.24, 2.45) is 4.99 Å². The van der Waals surface area contributed by atoms with Crippen molar-refractivity contribution in [3.8, 4) is 5.75 Å². The highest BCUT2D eigenvalue weighted by atomic mass is 79.9. The maximum absolute atomic E-state index is 13.8. The fraction of sp³-hybridized carbons (Fsp3) is 0.269. The number of allylic oxidation sites excluding steroid dienone is 1. The first kappa shape index (κ1) is 26.9. The van der Waals surface area contributed by atoms with E-state index in [4.69, 9.17) is 9.47 Å². The van der Waals surface area contributed by atoms with E-state index in [-0.39, 0.29) is 11.7 Å². The molecule has 0 unspecified atom stereocenters. The zero-order valence-electron chi connectivity index (χ0n) is 20.3. The number of fused-ring (bicyclic) bond motifs is 1. The summed E-state index contributed by atoms with van der Waals surface area (Å²) < 4.78 is 14.6. The van der Waals surface area contributed by atoms with Gasteiger partial charge in [-0.15, -0.1) is 11.8 Å². The van der Waals surface area contributed by atoms with E-state index in [1.165, 1.54) is 11.3 Å². The molecule has 2 aromatic carbocycles. The van der Waals surface area contributed by atoms with Gasteiger partial charge in [0.2, 0.25) is 0 Å². The van der Waals surface area contributed by atoms with E-state index in [0.29, 0.717) is 26.4 Å². The van der Waals surface area contributed by atoms with Gasteiger partial charge < -0.3 is 9.47 Å². The molecule has 6 nitrogen and oxygen atoms in total. The Balaban J connectivity index is 1.93. The minimum atomic E-state index is -0.639. The Morgan fingerprint density at radius 3 is 2.39 bits per heavy atom. The summed E-state index contributed by atoms with van der Waals surface area (Å²) in [5, 5.41) is 0. The van der Waals surface area contributed by atoms with E-state index in [1.54, 1.807) is 44.2 Å². The lowest BCUT2D eigenvalue weighted by Gasteiger charge is -2.25. The number of ether oxygens (including phenoxy) is 2. The van der Waals surface area contributed by atoms with Gasteiger partial charge in [-0.1, -0.05) is 23.5 Å². The third-order valence-corrected chi connectivity index (χ3v) is 8.44. The van der Waals surface area contributed by atoms with Crippen LogP contribution in [-0.2, 0) is 9.53 Å². The molecule has 36 heavy (non-hydrogen) atoms. The molecule has 0 aliphatic carbocycles. The van der Waals surface area contributed by atoms with Gasteiger partial charge in [0.15, 0.2) is 4.80 Å². The number of halogens is 2. The van der Waals surface area contributed by atoms with Crippen molar-refractivity contribution in [3.63, 3.8) is 0 Å². The lowest BCUT2D eigenvalue weighted by molar-refractivity contribution is -0.143. The van der Waals surface area contributed by atoms with Crippen LogP contribution in [0.3, 0.4) is 0 Å². The van der Waals surface area contributed by atoms with Crippen LogP contribution in [0.4, 0.5) is 0 Å². The van der Waals surface area contributed by atoms with Crippen molar-refractivity contribution in [3.05, 3.63) is 87.4 Å². The fourth-order valence-electron chi connectivity index (χ4n) is 3.97. The summed E-state index contributed by atoms with van der Waals surface area (Å²) in [7, 11) is 1.60. The van der Waals surface area contributed by atoms with Gasteiger partial charge in [0, 0.05) is 4.90 Å². The Bertz CT molecular complexity index is 1520. The molecule has 188 valence electrons. The quantitative estimate of drug-likeness (QED) is 0.262. The maximum atomic E-state index is 13.8. The van der Waals surface area contributed by atoms with E-state index in [9.17, 15) is 9.59 Å². The average Bonchev–Trinajstić information content (AvgIpc) is 3.12. The zero-order valence-corrected chi connectivity index (χ0v) is 25.1. The lowest BCUT2D eigenvalue weighted by atomic mass is 9.96. The monoisotopic (exact) mass is 650 g/mol. The molecule has 3 aromatic rings. The van der Waals surface area contributed by atoms with Gasteiger partial charge in [0.05, 0.1) is 44.0 Å². The smallest absolute Gasteiger partial charge is 0.338 e. The summed E-state index contributed by atoms with van der Waals surface area (Å²) in [4.78, 5) is 33.2. The van der Waals surface area contributed by atoms with Crippen LogP contribution in [0, 0.1) is 0 Å². The van der Waals surface area contributed by atoms with Crippen molar-refractivity contribution in [1.82, 2.24) is 4.57 Å². The Kier molecular flexibility index (Phi) is 8.28.